The fraction of sp³-hybridized carbons (Fsp3) is 0.136. The van der Waals surface area contributed by atoms with Crippen LogP contribution in [0.5, 0.6) is 11.5 Å². The van der Waals surface area contributed by atoms with Crippen LogP contribution in [0, 0.1) is 0 Å². The van der Waals surface area contributed by atoms with Crippen molar-refractivity contribution in [3.63, 3.8) is 0 Å². The Morgan fingerprint density at radius 3 is 1.85 bits per heavy atom. The molecular formula is C22H19NO2S. The van der Waals surface area contributed by atoms with Crippen molar-refractivity contribution in [2.75, 3.05) is 19.1 Å². The minimum absolute atomic E-state index is 0.0873. The lowest BCUT2D eigenvalue weighted by molar-refractivity contribution is 0.414. The van der Waals surface area contributed by atoms with Gasteiger partial charge in [0.15, 0.2) is 5.05 Å². The fourth-order valence-corrected chi connectivity index (χ4v) is 3.79. The maximum Gasteiger partial charge on any atom is 0.179 e. The molecule has 0 aliphatic carbocycles. The maximum absolute atomic E-state index is 6.06. The van der Waals surface area contributed by atoms with Crippen molar-refractivity contribution in [3.8, 4) is 11.5 Å². The second-order valence-corrected chi connectivity index (χ2v) is 6.61. The molecule has 130 valence electrons. The van der Waals surface area contributed by atoms with Gasteiger partial charge >= 0.3 is 0 Å². The highest BCUT2D eigenvalue weighted by Gasteiger charge is 2.32. The molecule has 0 unspecified atom stereocenters. The Bertz CT molecular complexity index is 905. The van der Waals surface area contributed by atoms with E-state index in [9.17, 15) is 0 Å². The Kier molecular flexibility index (Phi) is 4.35. The van der Waals surface area contributed by atoms with Gasteiger partial charge in [-0.25, -0.2) is 0 Å². The van der Waals surface area contributed by atoms with Crippen molar-refractivity contribution in [2.45, 2.75) is 5.92 Å². The molecule has 1 aliphatic heterocycles. The quantitative estimate of drug-likeness (QED) is 0.589. The van der Waals surface area contributed by atoms with Crippen LogP contribution >= 0.6 is 12.2 Å². The minimum atomic E-state index is -0.0873. The van der Waals surface area contributed by atoms with Crippen LogP contribution in [0.15, 0.2) is 72.8 Å². The SMILES string of the molecule is COc1ccc(OC(=S)C2c3ccccc3N(C)c3ccccc32)cc1. The summed E-state index contributed by atoms with van der Waals surface area (Å²) < 4.78 is 11.3. The number of benzene rings is 3. The second-order valence-electron chi connectivity index (χ2n) is 6.21. The number of hydrogen-bond acceptors (Lipinski definition) is 4. The van der Waals surface area contributed by atoms with Crippen molar-refractivity contribution in [1.29, 1.82) is 0 Å². The zero-order valence-electron chi connectivity index (χ0n) is 14.7. The van der Waals surface area contributed by atoms with E-state index in [4.69, 9.17) is 21.7 Å². The van der Waals surface area contributed by atoms with E-state index < -0.39 is 0 Å². The molecular weight excluding hydrogens is 342 g/mol. The van der Waals surface area contributed by atoms with Gasteiger partial charge in [-0.15, -0.1) is 0 Å². The summed E-state index contributed by atoms with van der Waals surface area (Å²) in [5, 5.41) is 0.545. The largest absolute Gasteiger partial charge is 0.497 e. The summed E-state index contributed by atoms with van der Waals surface area (Å²) in [6, 6.07) is 24.2. The van der Waals surface area contributed by atoms with Gasteiger partial charge in [0.2, 0.25) is 0 Å². The number of nitrogens with zero attached hydrogens (tertiary/aromatic N) is 1. The van der Waals surface area contributed by atoms with Gasteiger partial charge in [0, 0.05) is 18.4 Å². The summed E-state index contributed by atoms with van der Waals surface area (Å²) in [5.41, 5.74) is 4.62. The number of ether oxygens (including phenoxy) is 2. The first-order valence-electron chi connectivity index (χ1n) is 8.46. The van der Waals surface area contributed by atoms with E-state index in [2.05, 4.69) is 36.2 Å². The molecule has 1 aliphatic rings. The molecule has 0 saturated carbocycles. The molecule has 0 fully saturated rings. The number of anilines is 2. The smallest absolute Gasteiger partial charge is 0.179 e. The highest BCUT2D eigenvalue weighted by molar-refractivity contribution is 7.80. The molecule has 26 heavy (non-hydrogen) atoms. The molecule has 0 radical (unpaired) electrons. The first-order chi connectivity index (χ1) is 12.7. The molecule has 3 nitrogen and oxygen atoms in total. The average molecular weight is 361 g/mol. The molecule has 4 heteroatoms. The molecule has 0 aromatic heterocycles. The first-order valence-corrected chi connectivity index (χ1v) is 8.87. The Balaban J connectivity index is 1.73. The van der Waals surface area contributed by atoms with Crippen LogP contribution in [0.25, 0.3) is 0 Å². The van der Waals surface area contributed by atoms with Gasteiger partial charge in [-0.2, -0.15) is 0 Å². The minimum Gasteiger partial charge on any atom is -0.497 e. The molecule has 0 atom stereocenters. The lowest BCUT2D eigenvalue weighted by atomic mass is 9.85. The van der Waals surface area contributed by atoms with Crippen molar-refractivity contribution in [2.24, 2.45) is 0 Å². The van der Waals surface area contributed by atoms with E-state index in [0.717, 1.165) is 28.3 Å². The number of thiocarbonyl (C=S) groups is 1. The van der Waals surface area contributed by atoms with Gasteiger partial charge in [0.05, 0.1) is 13.0 Å². The Hall–Kier alpha value is -2.85. The van der Waals surface area contributed by atoms with Crippen molar-refractivity contribution >= 4 is 28.6 Å². The van der Waals surface area contributed by atoms with E-state index in [1.807, 2.05) is 48.5 Å². The van der Waals surface area contributed by atoms with Gasteiger partial charge in [-0.05, 0) is 59.7 Å². The molecule has 0 amide bonds. The van der Waals surface area contributed by atoms with Crippen LogP contribution in [-0.2, 0) is 0 Å². The predicted molar refractivity (Wildman–Crippen MR) is 109 cm³/mol. The lowest BCUT2D eigenvalue weighted by Gasteiger charge is -2.35. The van der Waals surface area contributed by atoms with Gasteiger partial charge in [0.25, 0.3) is 0 Å². The lowest BCUT2D eigenvalue weighted by Crippen LogP contribution is -2.27. The summed E-state index contributed by atoms with van der Waals surface area (Å²) in [4.78, 5) is 2.21. The first kappa shape index (κ1) is 16.6. The zero-order valence-corrected chi connectivity index (χ0v) is 15.5. The van der Waals surface area contributed by atoms with Crippen LogP contribution in [0.1, 0.15) is 17.0 Å². The molecule has 3 aromatic carbocycles. The van der Waals surface area contributed by atoms with Crippen molar-refractivity contribution in [3.05, 3.63) is 83.9 Å². The van der Waals surface area contributed by atoms with Gasteiger partial charge in [-0.1, -0.05) is 36.4 Å². The van der Waals surface area contributed by atoms with Crippen molar-refractivity contribution < 1.29 is 9.47 Å². The Morgan fingerprint density at radius 2 is 1.31 bits per heavy atom. The van der Waals surface area contributed by atoms with Gasteiger partial charge < -0.3 is 14.4 Å². The Morgan fingerprint density at radius 1 is 0.808 bits per heavy atom. The van der Waals surface area contributed by atoms with Crippen LogP contribution in [0.2, 0.25) is 0 Å². The molecule has 0 spiro atoms. The van der Waals surface area contributed by atoms with Crippen LogP contribution in [0.4, 0.5) is 11.4 Å². The summed E-state index contributed by atoms with van der Waals surface area (Å²) >= 11 is 5.74. The number of hydrogen-bond donors (Lipinski definition) is 0. The summed E-state index contributed by atoms with van der Waals surface area (Å²) in [7, 11) is 3.73. The van der Waals surface area contributed by atoms with E-state index in [-0.39, 0.29) is 5.92 Å². The third-order valence-electron chi connectivity index (χ3n) is 4.73. The van der Waals surface area contributed by atoms with Crippen LogP contribution in [0.3, 0.4) is 0 Å². The molecule has 3 aromatic rings. The summed E-state index contributed by atoms with van der Waals surface area (Å²) in [6.45, 7) is 0. The van der Waals surface area contributed by atoms with Crippen molar-refractivity contribution in [1.82, 2.24) is 0 Å². The topological polar surface area (TPSA) is 21.7 Å². The van der Waals surface area contributed by atoms with E-state index in [1.165, 1.54) is 0 Å². The standard InChI is InChI=1S/C22H19NO2S/c1-23-19-9-5-3-7-17(19)21(18-8-4-6-10-20(18)23)22(26)25-16-13-11-15(24-2)12-14-16/h3-14,21H,1-2H3. The second kappa shape index (κ2) is 6.81. The maximum atomic E-state index is 6.06. The average Bonchev–Trinajstić information content (AvgIpc) is 2.69. The highest BCUT2D eigenvalue weighted by atomic mass is 32.1. The molecule has 4 rings (SSSR count). The number of methoxy groups -OCH3 is 1. The summed E-state index contributed by atoms with van der Waals surface area (Å²) in [5.74, 6) is 1.42. The number of para-hydroxylation sites is 2. The van der Waals surface area contributed by atoms with Gasteiger partial charge in [0.1, 0.15) is 11.5 Å². The number of fused-ring (bicyclic) bond motifs is 2. The summed E-state index contributed by atoms with van der Waals surface area (Å²) in [6.07, 6.45) is 0. The monoisotopic (exact) mass is 361 g/mol. The predicted octanol–water partition coefficient (Wildman–Crippen LogP) is 5.31. The third-order valence-corrected chi connectivity index (χ3v) is 5.05. The Labute approximate surface area is 158 Å². The van der Waals surface area contributed by atoms with E-state index in [1.54, 1.807) is 7.11 Å². The fourth-order valence-electron chi connectivity index (χ4n) is 3.44. The highest BCUT2D eigenvalue weighted by Crippen LogP contribution is 2.45. The number of rotatable bonds is 3. The third kappa shape index (κ3) is 2.82. The zero-order chi connectivity index (χ0) is 18.1. The van der Waals surface area contributed by atoms with Gasteiger partial charge in [-0.3, -0.25) is 0 Å². The molecule has 0 bridgehead atoms. The van der Waals surface area contributed by atoms with Crippen LogP contribution < -0.4 is 14.4 Å². The molecule has 0 saturated heterocycles. The molecule has 1 heterocycles. The molecule has 0 N–H and O–H groups in total. The van der Waals surface area contributed by atoms with E-state index in [0.29, 0.717) is 10.8 Å². The van der Waals surface area contributed by atoms with Crippen LogP contribution in [-0.4, -0.2) is 19.2 Å². The van der Waals surface area contributed by atoms with E-state index >= 15 is 0 Å². The normalized spacial score (nSPS) is 12.9.